The molecule has 1 heterocycles. The van der Waals surface area contributed by atoms with Gasteiger partial charge in [0, 0.05) is 48.4 Å². The number of nitrogens with one attached hydrogen (secondary N) is 2. The average Bonchev–Trinajstić information content (AvgIpc) is 2.92. The molecule has 0 fully saturated rings. The predicted molar refractivity (Wildman–Crippen MR) is 155 cm³/mol. The molecule has 1 unspecified atom stereocenters. The molecule has 1 aliphatic rings. The van der Waals surface area contributed by atoms with Gasteiger partial charge in [0.05, 0.1) is 12.7 Å². The fourth-order valence-electron chi connectivity index (χ4n) is 3.23. The Kier molecular flexibility index (Phi) is 20.0. The smallest absolute Gasteiger partial charge is 0.396 e. The van der Waals surface area contributed by atoms with Crippen molar-refractivity contribution in [3.8, 4) is 0 Å². The summed E-state index contributed by atoms with van der Waals surface area (Å²) in [5.41, 5.74) is -2.99. The van der Waals surface area contributed by atoms with Gasteiger partial charge in [0.1, 0.15) is 11.6 Å². The summed E-state index contributed by atoms with van der Waals surface area (Å²) in [7, 11) is 1.09. The second-order valence-electron chi connectivity index (χ2n) is 8.18. The van der Waals surface area contributed by atoms with E-state index in [4.69, 9.17) is 32.3 Å². The van der Waals surface area contributed by atoms with Gasteiger partial charge in [0.15, 0.2) is 6.29 Å². The summed E-state index contributed by atoms with van der Waals surface area (Å²) in [6, 6.07) is 7.68. The third kappa shape index (κ3) is 14.9. The van der Waals surface area contributed by atoms with Gasteiger partial charge in [0.25, 0.3) is 0 Å². The minimum Gasteiger partial charge on any atom is -0.396 e. The van der Waals surface area contributed by atoms with Crippen molar-refractivity contribution in [2.45, 2.75) is 30.7 Å². The van der Waals surface area contributed by atoms with Crippen LogP contribution in [-0.2, 0) is 37.2 Å². The largest absolute Gasteiger partial charge is 0.522 e. The van der Waals surface area contributed by atoms with E-state index in [1.54, 1.807) is 26.4 Å². The van der Waals surface area contributed by atoms with Crippen LogP contribution in [0.15, 0.2) is 39.3 Å². The van der Waals surface area contributed by atoms with Gasteiger partial charge >= 0.3 is 15.6 Å². The Hall–Kier alpha value is -1.28. The van der Waals surface area contributed by atoms with Crippen LogP contribution in [0.3, 0.4) is 0 Å². The molecule has 42 heavy (non-hydrogen) atoms. The number of methoxy groups -OCH3 is 2. The van der Waals surface area contributed by atoms with Crippen molar-refractivity contribution in [3.63, 3.8) is 0 Å². The van der Waals surface area contributed by atoms with Gasteiger partial charge in [-0.15, -0.1) is 0 Å². The number of aliphatic hydroxyl groups excluding tert-OH is 1. The van der Waals surface area contributed by atoms with Crippen molar-refractivity contribution in [2.24, 2.45) is 0 Å². The number of rotatable bonds is 8. The lowest BCUT2D eigenvalue weighted by Gasteiger charge is -2.27. The number of benzene rings is 2. The average molecular weight is 762 g/mol. The fourth-order valence-corrected chi connectivity index (χ4v) is 4.22. The van der Waals surface area contributed by atoms with E-state index in [0.29, 0.717) is 25.1 Å². The standard InChI is InChI=1S/C11H13BrFNO.C8H8BrFO.C5H13NO2.CHF3O3S/c1-14-6-10-11-7(4-5-15-10)8(12)2-3-9(11)13;9-8-2-1-7(10)5-6(8)3-4-11;1-6-4-5(7-2)8-3;2-1(3,4)8(5,6)7/h2-3,10,14H,4-6H2,1H3;1-2,5,11H,3-4H2;5-6H,4H2,1-3H3;(H,5,6,7). The number of aliphatic hydroxyl groups is 1. The van der Waals surface area contributed by atoms with Gasteiger partial charge in [-0.3, -0.25) is 4.55 Å². The van der Waals surface area contributed by atoms with Crippen molar-refractivity contribution in [2.75, 3.05) is 54.6 Å². The zero-order chi connectivity index (χ0) is 32.5. The van der Waals surface area contributed by atoms with E-state index in [9.17, 15) is 22.0 Å². The number of fused-ring (bicyclic) bond motifs is 1. The molecule has 1 aliphatic heterocycles. The number of alkyl halides is 3. The third-order valence-corrected chi connectivity index (χ3v) is 7.31. The highest BCUT2D eigenvalue weighted by Crippen LogP contribution is 2.33. The van der Waals surface area contributed by atoms with Gasteiger partial charge < -0.3 is 30.0 Å². The summed E-state index contributed by atoms with van der Waals surface area (Å²) < 4.78 is 101. The molecule has 4 N–H and O–H groups in total. The van der Waals surface area contributed by atoms with E-state index >= 15 is 0 Å². The maximum absolute atomic E-state index is 13.7. The van der Waals surface area contributed by atoms with Crippen LogP contribution in [0.2, 0.25) is 0 Å². The SMILES string of the molecule is CNCC(OC)OC.CNCC1OCCc2c(Br)ccc(F)c21.O=S(=O)(O)C(F)(F)F.OCCc1cc(F)ccc1Br. The van der Waals surface area contributed by atoms with Crippen molar-refractivity contribution >= 4 is 42.0 Å². The van der Waals surface area contributed by atoms with E-state index in [2.05, 4.69) is 42.5 Å². The molecule has 9 nitrogen and oxygen atoms in total. The quantitative estimate of drug-likeness (QED) is 0.130. The van der Waals surface area contributed by atoms with Crippen LogP contribution < -0.4 is 10.6 Å². The van der Waals surface area contributed by atoms with Crippen LogP contribution in [0.4, 0.5) is 22.0 Å². The predicted octanol–water partition coefficient (Wildman–Crippen LogP) is 4.76. The number of likely N-dealkylation sites (N-methyl/N-ethyl adjacent to an activating group) is 2. The zero-order valence-corrected chi connectivity index (χ0v) is 27.3. The van der Waals surface area contributed by atoms with E-state index in [-0.39, 0.29) is 30.6 Å². The van der Waals surface area contributed by atoms with E-state index in [0.717, 1.165) is 33.0 Å². The van der Waals surface area contributed by atoms with Gasteiger partial charge in [0.2, 0.25) is 0 Å². The van der Waals surface area contributed by atoms with Crippen LogP contribution in [0.5, 0.6) is 0 Å². The second kappa shape index (κ2) is 20.6. The summed E-state index contributed by atoms with van der Waals surface area (Å²) in [5.74, 6) is -0.440. The monoisotopic (exact) mass is 760 g/mol. The summed E-state index contributed by atoms with van der Waals surface area (Å²) in [4.78, 5) is 0. The lowest BCUT2D eigenvalue weighted by atomic mass is 9.97. The Morgan fingerprint density at radius 3 is 2.10 bits per heavy atom. The first-order valence-corrected chi connectivity index (χ1v) is 15.1. The maximum atomic E-state index is 13.7. The summed E-state index contributed by atoms with van der Waals surface area (Å²) in [6.07, 6.45) is 0.975. The first kappa shape index (κ1) is 40.7. The van der Waals surface area contributed by atoms with Crippen molar-refractivity contribution in [1.82, 2.24) is 10.6 Å². The normalized spacial score (nSPS) is 14.5. The molecular formula is C25H35Br2F5N2O7S. The van der Waals surface area contributed by atoms with E-state index < -0.39 is 15.6 Å². The minimum atomic E-state index is -5.84. The van der Waals surface area contributed by atoms with E-state index in [1.165, 1.54) is 18.2 Å². The van der Waals surface area contributed by atoms with Crippen molar-refractivity contribution < 1.29 is 54.2 Å². The van der Waals surface area contributed by atoms with Crippen molar-refractivity contribution in [1.29, 1.82) is 0 Å². The number of hydrogen-bond acceptors (Lipinski definition) is 8. The minimum absolute atomic E-state index is 0.0437. The molecule has 0 aliphatic carbocycles. The Morgan fingerprint density at radius 2 is 1.64 bits per heavy atom. The van der Waals surface area contributed by atoms with Gasteiger partial charge in [-0.25, -0.2) is 8.78 Å². The Labute approximate surface area is 259 Å². The molecule has 0 spiro atoms. The topological polar surface area (TPSA) is 126 Å². The summed E-state index contributed by atoms with van der Waals surface area (Å²) in [5, 5.41) is 14.5. The summed E-state index contributed by atoms with van der Waals surface area (Å²) in [6.45, 7) is 2.07. The summed E-state index contributed by atoms with van der Waals surface area (Å²) >= 11 is 6.71. The third-order valence-electron chi connectivity index (χ3n) is 5.21. The second-order valence-corrected chi connectivity index (χ2v) is 11.3. The van der Waals surface area contributed by atoms with Crippen molar-refractivity contribution in [3.05, 3.63) is 67.6 Å². The van der Waals surface area contributed by atoms with Gasteiger partial charge in [-0.1, -0.05) is 31.9 Å². The fraction of sp³-hybridized carbons (Fsp3) is 0.520. The van der Waals surface area contributed by atoms with Crippen LogP contribution in [0.25, 0.3) is 0 Å². The molecule has 0 saturated heterocycles. The molecule has 2 aromatic carbocycles. The van der Waals surface area contributed by atoms with Crippen LogP contribution in [0.1, 0.15) is 22.8 Å². The lowest BCUT2D eigenvalue weighted by Crippen LogP contribution is -2.26. The zero-order valence-electron chi connectivity index (χ0n) is 23.3. The molecule has 0 bridgehead atoms. The molecular weight excluding hydrogens is 727 g/mol. The first-order chi connectivity index (χ1) is 19.6. The number of hydrogen-bond donors (Lipinski definition) is 4. The highest BCUT2D eigenvalue weighted by Gasteiger charge is 2.44. The maximum Gasteiger partial charge on any atom is 0.522 e. The van der Waals surface area contributed by atoms with Gasteiger partial charge in [-0.05, 0) is 68.4 Å². The molecule has 2 aromatic rings. The van der Waals surface area contributed by atoms with E-state index in [1.807, 2.05) is 14.1 Å². The Balaban J connectivity index is 0.000000557. The Bertz CT molecular complexity index is 1170. The molecule has 0 saturated carbocycles. The molecule has 0 amide bonds. The molecule has 1 atom stereocenters. The Morgan fingerprint density at radius 1 is 1.07 bits per heavy atom. The van der Waals surface area contributed by atoms with Crippen LogP contribution in [0, 0.1) is 11.6 Å². The molecule has 242 valence electrons. The highest BCUT2D eigenvalue weighted by molar-refractivity contribution is 9.10. The first-order valence-electron chi connectivity index (χ1n) is 12.1. The molecule has 17 heteroatoms. The van der Waals surface area contributed by atoms with Crippen LogP contribution >= 0.6 is 31.9 Å². The van der Waals surface area contributed by atoms with Gasteiger partial charge in [-0.2, -0.15) is 21.6 Å². The number of ether oxygens (including phenoxy) is 3. The van der Waals surface area contributed by atoms with Crippen LogP contribution in [-0.4, -0.2) is 84.5 Å². The molecule has 0 radical (unpaired) electrons. The molecule has 0 aromatic heterocycles. The molecule has 3 rings (SSSR count). The lowest BCUT2D eigenvalue weighted by molar-refractivity contribution is -0.0978. The number of halogens is 7. The highest BCUT2D eigenvalue weighted by atomic mass is 79.9.